The molecule has 0 aromatic heterocycles. The monoisotopic (exact) mass is 950 g/mol. The molecule has 61 heavy (non-hydrogen) atoms. The fourth-order valence-electron chi connectivity index (χ4n) is 6.19. The van der Waals surface area contributed by atoms with E-state index >= 15 is 0 Å². The molecule has 0 aromatic rings. The van der Waals surface area contributed by atoms with Gasteiger partial charge in [-0.25, -0.2) is 9.59 Å². The van der Waals surface area contributed by atoms with E-state index in [0.717, 1.165) is 0 Å². The Hall–Kier alpha value is -3.31. The van der Waals surface area contributed by atoms with E-state index in [2.05, 4.69) is 33.8 Å². The van der Waals surface area contributed by atoms with Gasteiger partial charge in [-0.2, -0.15) is 92.2 Å². The van der Waals surface area contributed by atoms with Crippen molar-refractivity contribution < 1.29 is 118 Å². The Bertz CT molecular complexity index is 1470. The second-order valence-corrected chi connectivity index (χ2v) is 14.7. The quantitative estimate of drug-likeness (QED) is 0.0474. The van der Waals surface area contributed by atoms with E-state index in [1.54, 1.807) is 20.8 Å². The van der Waals surface area contributed by atoms with Crippen molar-refractivity contribution in [3.8, 4) is 0 Å². The molecule has 0 saturated heterocycles. The Morgan fingerprint density at radius 1 is 0.656 bits per heavy atom. The summed E-state index contributed by atoms with van der Waals surface area (Å²) in [6, 6.07) is -1.75. The Labute approximate surface area is 333 Å². The Morgan fingerprint density at radius 3 is 1.44 bits per heavy atom. The van der Waals surface area contributed by atoms with Crippen molar-refractivity contribution >= 4 is 12.1 Å². The van der Waals surface area contributed by atoms with Gasteiger partial charge in [0.15, 0.2) is 0 Å². The number of carbonyl (C=O) groups excluding carboxylic acids is 2. The lowest BCUT2D eigenvalue weighted by Crippen LogP contribution is -2.76. The summed E-state index contributed by atoms with van der Waals surface area (Å²) in [5, 5.41) is 25.1. The number of carbonyl (C=O) groups is 2. The first kappa shape index (κ1) is 57.7. The molecule has 1 saturated carbocycles. The van der Waals surface area contributed by atoms with Gasteiger partial charge in [0.2, 0.25) is 0 Å². The summed E-state index contributed by atoms with van der Waals surface area (Å²) in [5.74, 6) is -78.1. The second kappa shape index (κ2) is 19.2. The lowest BCUT2D eigenvalue weighted by molar-refractivity contribution is -0.474. The number of alkyl carbamates (subject to hydrolysis) is 1. The number of aliphatic hydroxyl groups excluding tert-OH is 2. The summed E-state index contributed by atoms with van der Waals surface area (Å²) in [7, 11) is 0. The summed E-state index contributed by atoms with van der Waals surface area (Å²) >= 11 is 0. The fourth-order valence-corrected chi connectivity index (χ4v) is 6.19. The summed E-state index contributed by atoms with van der Waals surface area (Å²) in [6.07, 6.45) is -12.6. The topological polar surface area (TPSA) is 123 Å². The normalized spacial score (nSPS) is 20.1. The number of nitrogens with zero attached hydrogens (tertiary/aromatic N) is 1. The van der Waals surface area contributed by atoms with Crippen LogP contribution in [0.1, 0.15) is 47.9 Å². The van der Waals surface area contributed by atoms with Gasteiger partial charge in [0.1, 0.15) is 0 Å². The molecule has 0 aromatic carbocycles. The van der Waals surface area contributed by atoms with Crippen molar-refractivity contribution in [3.63, 3.8) is 0 Å². The first-order chi connectivity index (χ1) is 27.0. The molecule has 1 aliphatic rings. The van der Waals surface area contributed by atoms with Crippen LogP contribution in [0.4, 0.5) is 102 Å². The van der Waals surface area contributed by atoms with Gasteiger partial charge < -0.3 is 30.9 Å². The first-order valence-corrected chi connectivity index (χ1v) is 16.9. The maximum absolute atomic E-state index is 14.3. The van der Waals surface area contributed by atoms with Crippen LogP contribution in [-0.4, -0.2) is 139 Å². The molecular formula is C31H43F21N4O5. The highest BCUT2D eigenvalue weighted by Crippen LogP contribution is 2.66. The minimum atomic E-state index is -9.27. The molecule has 2 unspecified atom stereocenters. The largest absolute Gasteiger partial charge is 0.460 e. The van der Waals surface area contributed by atoms with E-state index < -0.39 is 102 Å². The zero-order valence-electron chi connectivity index (χ0n) is 31.8. The van der Waals surface area contributed by atoms with Gasteiger partial charge >= 0.3 is 71.6 Å². The van der Waals surface area contributed by atoms with E-state index in [0.29, 0.717) is 6.42 Å². The maximum Gasteiger partial charge on any atom is 0.460 e. The van der Waals surface area contributed by atoms with Crippen molar-refractivity contribution in [2.24, 2.45) is 10.8 Å². The lowest BCUT2D eigenvalue weighted by atomic mass is 9.62. The number of amides is 3. The van der Waals surface area contributed by atoms with Crippen LogP contribution in [0.2, 0.25) is 0 Å². The molecule has 0 aliphatic heterocycles. The SMILES string of the molecule is C=C.CC1(C)CC(NC(=O)OCCC(F)(F)C(F)(F)C(F)(F)C(F)(F)C(F)(F)C(F)(F)C(F)(F)C(F)(F)C(F)(F)C(F)(F)F)CC(C)(CNC(=O)NCN(CCO)CCO)C1.[HH]. The maximum atomic E-state index is 14.3. The molecule has 0 radical (unpaired) electrons. The summed E-state index contributed by atoms with van der Waals surface area (Å²) in [5.41, 5.74) is -1.59. The minimum absolute atomic E-state index is 0. The van der Waals surface area contributed by atoms with Gasteiger partial charge in [0.05, 0.1) is 32.9 Å². The van der Waals surface area contributed by atoms with E-state index in [1.807, 2.05) is 0 Å². The Kier molecular flexibility index (Phi) is 18.2. The molecule has 1 fully saturated rings. The lowest BCUT2D eigenvalue weighted by Gasteiger charge is -2.46. The van der Waals surface area contributed by atoms with Crippen LogP contribution in [0.15, 0.2) is 13.2 Å². The number of halogens is 21. The third kappa shape index (κ3) is 11.5. The zero-order chi connectivity index (χ0) is 48.9. The number of rotatable bonds is 20. The van der Waals surface area contributed by atoms with Gasteiger partial charge in [0, 0.05) is 27.1 Å². The average molecular weight is 951 g/mol. The average Bonchev–Trinajstić information content (AvgIpc) is 3.08. The smallest absolute Gasteiger partial charge is 0.449 e. The highest BCUT2D eigenvalue weighted by Gasteiger charge is 2.97. The van der Waals surface area contributed by atoms with E-state index in [9.17, 15) is 102 Å². The number of hydrogen-bond donors (Lipinski definition) is 5. The van der Waals surface area contributed by atoms with Crippen molar-refractivity contribution in [1.29, 1.82) is 0 Å². The molecule has 0 heterocycles. The van der Waals surface area contributed by atoms with E-state index in [1.165, 1.54) is 4.90 Å². The molecule has 1 aliphatic carbocycles. The molecule has 5 N–H and O–H groups in total. The van der Waals surface area contributed by atoms with Crippen LogP contribution in [-0.2, 0) is 4.74 Å². The van der Waals surface area contributed by atoms with Crippen molar-refractivity contribution in [2.75, 3.05) is 46.1 Å². The van der Waals surface area contributed by atoms with Crippen LogP contribution < -0.4 is 16.0 Å². The number of hydrogen-bond acceptors (Lipinski definition) is 6. The molecule has 3 amide bonds. The van der Waals surface area contributed by atoms with Crippen LogP contribution in [0.25, 0.3) is 0 Å². The van der Waals surface area contributed by atoms with Crippen LogP contribution in [0.5, 0.6) is 0 Å². The molecule has 9 nitrogen and oxygen atoms in total. The molecular weight excluding hydrogens is 907 g/mol. The van der Waals surface area contributed by atoms with Gasteiger partial charge in [-0.3, -0.25) is 4.90 Å². The summed E-state index contributed by atoms with van der Waals surface area (Å²) in [6.45, 7) is 8.00. The van der Waals surface area contributed by atoms with Gasteiger partial charge in [-0.05, 0) is 30.1 Å². The minimum Gasteiger partial charge on any atom is -0.449 e. The molecule has 0 bridgehead atoms. The molecule has 0 spiro atoms. The van der Waals surface area contributed by atoms with Crippen LogP contribution >= 0.6 is 0 Å². The molecule has 1 rings (SSSR count). The predicted molar refractivity (Wildman–Crippen MR) is 170 cm³/mol. The Morgan fingerprint density at radius 2 is 1.05 bits per heavy atom. The second-order valence-electron chi connectivity index (χ2n) is 14.7. The van der Waals surface area contributed by atoms with Crippen molar-refractivity contribution in [1.82, 2.24) is 20.9 Å². The molecule has 30 heteroatoms. The number of alkyl halides is 21. The number of ether oxygens (including phenoxy) is 1. The highest BCUT2D eigenvalue weighted by molar-refractivity contribution is 5.73. The van der Waals surface area contributed by atoms with Gasteiger partial charge in [0.25, 0.3) is 0 Å². The third-order valence-corrected chi connectivity index (χ3v) is 8.96. The summed E-state index contributed by atoms with van der Waals surface area (Å²) in [4.78, 5) is 26.1. The summed E-state index contributed by atoms with van der Waals surface area (Å²) < 4.78 is 290. The standard InChI is InChI=1S/C29H37F21N4O5.C2H4.H2/c1-18(2)10-15(11-19(3,12-18)13-51-16(57)52-14-54(5-7-55)6-8-56)53-17(58)59-9-4-20(30,31)21(32,33)22(34,35)23(36,37)24(38,39)25(40,41)26(42,43)27(44,45)28(46,47)29(48,49)50;1-2;/h15,55-56H,4-14H2,1-3H3,(H,53,58)(H2,51,52,57);1-2H2;1H. The van der Waals surface area contributed by atoms with Crippen LogP contribution in [0, 0.1) is 10.8 Å². The predicted octanol–water partition coefficient (Wildman–Crippen LogP) is 8.56. The highest BCUT2D eigenvalue weighted by atomic mass is 19.4. The number of nitrogens with one attached hydrogen (secondary N) is 3. The third-order valence-electron chi connectivity index (χ3n) is 8.96. The Balaban J connectivity index is 0. The number of aliphatic hydroxyl groups is 2. The van der Waals surface area contributed by atoms with Gasteiger partial charge in [-0.1, -0.05) is 20.8 Å². The van der Waals surface area contributed by atoms with E-state index in [4.69, 9.17) is 10.2 Å². The van der Waals surface area contributed by atoms with Gasteiger partial charge in [-0.15, -0.1) is 13.2 Å². The fraction of sp³-hybridized carbons (Fsp3) is 0.871. The number of urea groups is 1. The zero-order valence-corrected chi connectivity index (χ0v) is 31.8. The molecule has 364 valence electrons. The first-order valence-electron chi connectivity index (χ1n) is 16.9. The molecule has 2 atom stereocenters. The van der Waals surface area contributed by atoms with Crippen molar-refractivity contribution in [2.45, 2.75) is 112 Å². The van der Waals surface area contributed by atoms with E-state index in [-0.39, 0.29) is 53.8 Å². The van der Waals surface area contributed by atoms with Crippen LogP contribution in [0.3, 0.4) is 0 Å². The van der Waals surface area contributed by atoms with Crippen molar-refractivity contribution in [3.05, 3.63) is 13.2 Å².